The van der Waals surface area contributed by atoms with Gasteiger partial charge in [0.1, 0.15) is 0 Å². The zero-order chi connectivity index (χ0) is 21.7. The van der Waals surface area contributed by atoms with E-state index in [1.165, 1.54) is 11.8 Å². The molecule has 0 radical (unpaired) electrons. The molecule has 1 aromatic heterocycles. The minimum absolute atomic E-state index is 0.0469. The second-order valence-electron chi connectivity index (χ2n) is 8.13. The standard InChI is InChI=1S/C24H29N3O2S/c1-16(2)13-14-27-23(29)19-10-6-8-12-21(19)26-24(27)30-15-22(28)25-20-11-7-5-9-18(20)17(3)4/h5-12,16-17H,13-15H2,1-4H3,(H,25,28). The predicted molar refractivity (Wildman–Crippen MR) is 125 cm³/mol. The molecule has 0 aliphatic heterocycles. The third-order valence-electron chi connectivity index (χ3n) is 4.95. The Balaban J connectivity index is 1.82. The van der Waals surface area contributed by atoms with Crippen molar-refractivity contribution >= 4 is 34.3 Å². The van der Waals surface area contributed by atoms with Crippen molar-refractivity contribution in [2.75, 3.05) is 11.1 Å². The summed E-state index contributed by atoms with van der Waals surface area (Å²) in [4.78, 5) is 30.4. The zero-order valence-corrected chi connectivity index (χ0v) is 18.8. The van der Waals surface area contributed by atoms with Crippen molar-refractivity contribution in [2.45, 2.75) is 51.7 Å². The van der Waals surface area contributed by atoms with Crippen molar-refractivity contribution < 1.29 is 4.79 Å². The lowest BCUT2D eigenvalue weighted by atomic mass is 10.0. The van der Waals surface area contributed by atoms with Gasteiger partial charge in [0, 0.05) is 12.2 Å². The number of carbonyl (C=O) groups excluding carboxylic acids is 1. The largest absolute Gasteiger partial charge is 0.325 e. The molecule has 0 bridgehead atoms. The summed E-state index contributed by atoms with van der Waals surface area (Å²) in [5.41, 5.74) is 2.56. The molecule has 3 aromatic rings. The van der Waals surface area contributed by atoms with Crippen molar-refractivity contribution in [1.29, 1.82) is 0 Å². The molecule has 0 atom stereocenters. The van der Waals surface area contributed by atoms with Crippen LogP contribution in [0, 0.1) is 5.92 Å². The Labute approximate surface area is 181 Å². The number of carbonyl (C=O) groups is 1. The number of nitrogens with zero attached hydrogens (tertiary/aromatic N) is 2. The van der Waals surface area contributed by atoms with Crippen LogP contribution in [-0.4, -0.2) is 21.2 Å². The Kier molecular flexibility index (Phi) is 7.32. The second-order valence-corrected chi connectivity index (χ2v) is 9.07. The van der Waals surface area contributed by atoms with Gasteiger partial charge in [-0.3, -0.25) is 14.2 Å². The maximum Gasteiger partial charge on any atom is 0.262 e. The van der Waals surface area contributed by atoms with E-state index in [-0.39, 0.29) is 17.2 Å². The van der Waals surface area contributed by atoms with Gasteiger partial charge in [-0.05, 0) is 42.0 Å². The lowest BCUT2D eigenvalue weighted by Crippen LogP contribution is -2.25. The van der Waals surface area contributed by atoms with Gasteiger partial charge in [0.05, 0.1) is 16.7 Å². The van der Waals surface area contributed by atoms with Crippen LogP contribution in [0.1, 0.15) is 45.6 Å². The number of hydrogen-bond donors (Lipinski definition) is 1. The van der Waals surface area contributed by atoms with Crippen LogP contribution in [0.15, 0.2) is 58.5 Å². The molecule has 158 valence electrons. The van der Waals surface area contributed by atoms with Crippen molar-refractivity contribution in [2.24, 2.45) is 5.92 Å². The monoisotopic (exact) mass is 423 g/mol. The Bertz CT molecular complexity index is 1090. The lowest BCUT2D eigenvalue weighted by molar-refractivity contribution is -0.113. The molecule has 2 aromatic carbocycles. The average molecular weight is 424 g/mol. The normalized spacial score (nSPS) is 11.4. The van der Waals surface area contributed by atoms with E-state index < -0.39 is 0 Å². The minimum Gasteiger partial charge on any atom is -0.325 e. The molecule has 6 heteroatoms. The summed E-state index contributed by atoms with van der Waals surface area (Å²) in [6.45, 7) is 9.06. The van der Waals surface area contributed by atoms with Crippen LogP contribution in [0.5, 0.6) is 0 Å². The third kappa shape index (κ3) is 5.30. The first-order chi connectivity index (χ1) is 14.4. The summed E-state index contributed by atoms with van der Waals surface area (Å²) >= 11 is 1.31. The van der Waals surface area contributed by atoms with Crippen molar-refractivity contribution in [1.82, 2.24) is 9.55 Å². The van der Waals surface area contributed by atoms with Crippen molar-refractivity contribution in [3.63, 3.8) is 0 Å². The highest BCUT2D eigenvalue weighted by molar-refractivity contribution is 7.99. The molecule has 0 saturated heterocycles. The Morgan fingerprint density at radius 3 is 2.50 bits per heavy atom. The number of anilines is 1. The van der Waals surface area contributed by atoms with E-state index in [4.69, 9.17) is 0 Å². The molecule has 0 aliphatic rings. The van der Waals surface area contributed by atoms with Gasteiger partial charge < -0.3 is 5.32 Å². The SMILES string of the molecule is CC(C)CCn1c(SCC(=O)Nc2ccccc2C(C)C)nc2ccccc2c1=O. The molecule has 1 N–H and O–H groups in total. The number of fused-ring (bicyclic) bond motifs is 1. The summed E-state index contributed by atoms with van der Waals surface area (Å²) in [6, 6.07) is 15.2. The molecular weight excluding hydrogens is 394 g/mol. The van der Waals surface area contributed by atoms with E-state index in [1.807, 2.05) is 42.5 Å². The molecule has 0 unspecified atom stereocenters. The second kappa shape index (κ2) is 9.94. The average Bonchev–Trinajstić information content (AvgIpc) is 2.72. The van der Waals surface area contributed by atoms with Crippen molar-refractivity contribution in [3.8, 4) is 0 Å². The van der Waals surface area contributed by atoms with Gasteiger partial charge in [-0.1, -0.05) is 69.8 Å². The van der Waals surface area contributed by atoms with E-state index in [0.717, 1.165) is 17.7 Å². The predicted octanol–water partition coefficient (Wildman–Crippen LogP) is 5.30. The van der Waals surface area contributed by atoms with Crippen LogP contribution in [-0.2, 0) is 11.3 Å². The molecule has 0 spiro atoms. The maximum atomic E-state index is 13.0. The van der Waals surface area contributed by atoms with Crippen LogP contribution < -0.4 is 10.9 Å². The Morgan fingerprint density at radius 1 is 1.07 bits per heavy atom. The number of amides is 1. The van der Waals surface area contributed by atoms with Crippen LogP contribution in [0.4, 0.5) is 5.69 Å². The number of rotatable bonds is 8. The molecule has 1 heterocycles. The Hall–Kier alpha value is -2.60. The van der Waals surface area contributed by atoms with E-state index in [2.05, 4.69) is 38.0 Å². The first-order valence-electron chi connectivity index (χ1n) is 10.4. The van der Waals surface area contributed by atoms with Crippen LogP contribution in [0.25, 0.3) is 10.9 Å². The van der Waals surface area contributed by atoms with E-state index in [1.54, 1.807) is 10.6 Å². The molecule has 0 saturated carbocycles. The highest BCUT2D eigenvalue weighted by atomic mass is 32.2. The maximum absolute atomic E-state index is 13.0. The fourth-order valence-electron chi connectivity index (χ4n) is 3.27. The quantitative estimate of drug-likeness (QED) is 0.395. The van der Waals surface area contributed by atoms with Gasteiger partial charge in [-0.15, -0.1) is 0 Å². The number of thioether (sulfide) groups is 1. The summed E-state index contributed by atoms with van der Waals surface area (Å²) in [7, 11) is 0. The number of para-hydroxylation sites is 2. The number of benzene rings is 2. The van der Waals surface area contributed by atoms with E-state index in [0.29, 0.717) is 34.4 Å². The molecule has 3 rings (SSSR count). The highest BCUT2D eigenvalue weighted by Gasteiger charge is 2.15. The lowest BCUT2D eigenvalue weighted by Gasteiger charge is -2.15. The number of nitrogens with one attached hydrogen (secondary N) is 1. The number of aromatic nitrogens is 2. The fourth-order valence-corrected chi connectivity index (χ4v) is 4.10. The van der Waals surface area contributed by atoms with Crippen LogP contribution in [0.2, 0.25) is 0 Å². The summed E-state index contributed by atoms with van der Waals surface area (Å²) < 4.78 is 1.71. The molecule has 1 amide bonds. The first kappa shape index (κ1) is 22.1. The van der Waals surface area contributed by atoms with Gasteiger partial charge in [-0.2, -0.15) is 0 Å². The molecule has 0 aliphatic carbocycles. The molecule has 0 fully saturated rings. The van der Waals surface area contributed by atoms with E-state index in [9.17, 15) is 9.59 Å². The van der Waals surface area contributed by atoms with Crippen LogP contribution >= 0.6 is 11.8 Å². The number of hydrogen-bond acceptors (Lipinski definition) is 4. The van der Waals surface area contributed by atoms with Gasteiger partial charge in [0.15, 0.2) is 5.16 Å². The fraction of sp³-hybridized carbons (Fsp3) is 0.375. The first-order valence-corrected chi connectivity index (χ1v) is 11.4. The van der Waals surface area contributed by atoms with Gasteiger partial charge in [-0.25, -0.2) is 4.98 Å². The Morgan fingerprint density at radius 2 is 1.77 bits per heavy atom. The molecule has 5 nitrogen and oxygen atoms in total. The van der Waals surface area contributed by atoms with Crippen LogP contribution in [0.3, 0.4) is 0 Å². The minimum atomic E-state index is -0.106. The summed E-state index contributed by atoms with van der Waals surface area (Å²) in [5, 5.41) is 4.21. The van der Waals surface area contributed by atoms with Gasteiger partial charge in [0.25, 0.3) is 5.56 Å². The summed E-state index contributed by atoms with van der Waals surface area (Å²) in [6.07, 6.45) is 0.876. The smallest absolute Gasteiger partial charge is 0.262 e. The van der Waals surface area contributed by atoms with Gasteiger partial charge >= 0.3 is 0 Å². The van der Waals surface area contributed by atoms with Gasteiger partial charge in [0.2, 0.25) is 5.91 Å². The van der Waals surface area contributed by atoms with E-state index >= 15 is 0 Å². The van der Waals surface area contributed by atoms with Crippen molar-refractivity contribution in [3.05, 3.63) is 64.4 Å². The topological polar surface area (TPSA) is 64.0 Å². The molecule has 30 heavy (non-hydrogen) atoms. The zero-order valence-electron chi connectivity index (χ0n) is 18.0. The third-order valence-corrected chi connectivity index (χ3v) is 5.92. The molecular formula is C24H29N3O2S. The highest BCUT2D eigenvalue weighted by Crippen LogP contribution is 2.24. The summed E-state index contributed by atoms with van der Waals surface area (Å²) in [5.74, 6) is 0.874.